The summed E-state index contributed by atoms with van der Waals surface area (Å²) >= 11 is 11.7. The van der Waals surface area contributed by atoms with Crippen molar-refractivity contribution in [2.45, 2.75) is 39.0 Å². The second-order valence-electron chi connectivity index (χ2n) is 8.47. The highest BCUT2D eigenvalue weighted by atomic mass is 35.5. The summed E-state index contributed by atoms with van der Waals surface area (Å²) in [5.41, 5.74) is -0.190. The molecule has 0 unspecified atom stereocenters. The summed E-state index contributed by atoms with van der Waals surface area (Å²) in [7, 11) is -3.24. The lowest BCUT2D eigenvalue weighted by atomic mass is 9.71. The fraction of sp³-hybridized carbons (Fsp3) is 0.667. The number of halogens is 3. The first-order valence-corrected chi connectivity index (χ1v) is 13.0. The molecular formula is C21H29Cl2FN2O4S. The number of rotatable bonds is 7. The van der Waals surface area contributed by atoms with Gasteiger partial charge in [0, 0.05) is 32.8 Å². The molecule has 1 amide bonds. The zero-order valence-corrected chi connectivity index (χ0v) is 20.0. The molecule has 0 atom stereocenters. The molecule has 0 bridgehead atoms. The Morgan fingerprint density at radius 3 is 2.52 bits per heavy atom. The van der Waals surface area contributed by atoms with Crippen LogP contribution < -0.4 is 5.32 Å². The first-order valence-electron chi connectivity index (χ1n) is 10.6. The zero-order valence-electron chi connectivity index (χ0n) is 17.6. The van der Waals surface area contributed by atoms with Crippen molar-refractivity contribution in [1.29, 1.82) is 0 Å². The van der Waals surface area contributed by atoms with Crippen LogP contribution in [0.15, 0.2) is 12.1 Å². The van der Waals surface area contributed by atoms with Gasteiger partial charge >= 0.3 is 0 Å². The highest BCUT2D eigenvalue weighted by Gasteiger charge is 2.39. The van der Waals surface area contributed by atoms with Gasteiger partial charge in [-0.05, 0) is 62.5 Å². The molecule has 2 aliphatic rings. The molecule has 0 aliphatic carbocycles. The van der Waals surface area contributed by atoms with Crippen molar-refractivity contribution in [2.75, 3.05) is 38.6 Å². The van der Waals surface area contributed by atoms with Gasteiger partial charge in [-0.25, -0.2) is 17.1 Å². The molecule has 31 heavy (non-hydrogen) atoms. The van der Waals surface area contributed by atoms with E-state index in [1.807, 2.05) is 0 Å². The standard InChI is InChI=1S/C21H29Cl2FN2O4S/c1-2-31(28,29)26-9-7-21(8-10-26,13-15-5-11-30-12-6-15)14-25-20(27)16-3-4-17(22)19(24)18(16)23/h3-4,15H,2,5-14H2,1H3,(H,25,27). The third-order valence-corrected chi connectivity index (χ3v) is 9.05. The molecule has 10 heteroatoms. The van der Waals surface area contributed by atoms with Crippen molar-refractivity contribution in [3.05, 3.63) is 33.6 Å². The molecule has 1 N–H and O–H groups in total. The van der Waals surface area contributed by atoms with Crippen molar-refractivity contribution in [1.82, 2.24) is 9.62 Å². The minimum atomic E-state index is -3.24. The van der Waals surface area contributed by atoms with Crippen molar-refractivity contribution in [3.8, 4) is 0 Å². The number of ether oxygens (including phenoxy) is 1. The van der Waals surface area contributed by atoms with Crippen LogP contribution in [0, 0.1) is 17.2 Å². The van der Waals surface area contributed by atoms with Crippen molar-refractivity contribution >= 4 is 39.1 Å². The molecule has 3 rings (SSSR count). The number of sulfonamides is 1. The van der Waals surface area contributed by atoms with E-state index in [-0.39, 0.29) is 26.8 Å². The van der Waals surface area contributed by atoms with E-state index in [2.05, 4.69) is 5.32 Å². The van der Waals surface area contributed by atoms with E-state index in [1.165, 1.54) is 12.1 Å². The third-order valence-electron chi connectivity index (χ3n) is 6.51. The highest BCUT2D eigenvalue weighted by molar-refractivity contribution is 7.89. The number of nitrogens with zero attached hydrogens (tertiary/aromatic N) is 1. The van der Waals surface area contributed by atoms with Gasteiger partial charge in [0.2, 0.25) is 10.0 Å². The molecule has 0 radical (unpaired) electrons. The SMILES string of the molecule is CCS(=O)(=O)N1CCC(CNC(=O)c2ccc(Cl)c(F)c2Cl)(CC2CCOCC2)CC1. The minimum absolute atomic E-state index is 0.0378. The molecule has 0 saturated carbocycles. The summed E-state index contributed by atoms with van der Waals surface area (Å²) in [5.74, 6) is -0.727. The number of amides is 1. The lowest BCUT2D eigenvalue weighted by Gasteiger charge is -2.44. The van der Waals surface area contributed by atoms with E-state index in [9.17, 15) is 17.6 Å². The predicted octanol–water partition coefficient (Wildman–Crippen LogP) is 4.11. The number of carbonyl (C=O) groups is 1. The van der Waals surface area contributed by atoms with Crippen LogP contribution >= 0.6 is 23.2 Å². The van der Waals surface area contributed by atoms with Gasteiger partial charge in [0.1, 0.15) is 0 Å². The molecule has 1 aromatic carbocycles. The molecule has 2 aliphatic heterocycles. The zero-order chi connectivity index (χ0) is 22.6. The summed E-state index contributed by atoms with van der Waals surface area (Å²) in [6.45, 7) is 4.35. The fourth-order valence-corrected chi connectivity index (χ4v) is 6.06. The summed E-state index contributed by atoms with van der Waals surface area (Å²) < 4.78 is 45.6. The van der Waals surface area contributed by atoms with E-state index in [0.717, 1.165) is 32.5 Å². The topological polar surface area (TPSA) is 75.7 Å². The van der Waals surface area contributed by atoms with Gasteiger partial charge in [0.25, 0.3) is 5.91 Å². The summed E-state index contributed by atoms with van der Waals surface area (Å²) in [6, 6.07) is 2.72. The van der Waals surface area contributed by atoms with Crippen molar-refractivity contribution in [3.63, 3.8) is 0 Å². The third kappa shape index (κ3) is 5.90. The minimum Gasteiger partial charge on any atom is -0.381 e. The van der Waals surface area contributed by atoms with Crippen LogP contribution in [0.25, 0.3) is 0 Å². The van der Waals surface area contributed by atoms with Gasteiger partial charge in [-0.2, -0.15) is 0 Å². The van der Waals surface area contributed by atoms with Gasteiger partial charge in [-0.1, -0.05) is 23.2 Å². The monoisotopic (exact) mass is 494 g/mol. The Morgan fingerprint density at radius 1 is 1.26 bits per heavy atom. The molecule has 2 saturated heterocycles. The Morgan fingerprint density at radius 2 is 1.90 bits per heavy atom. The molecule has 6 nitrogen and oxygen atoms in total. The van der Waals surface area contributed by atoms with Crippen LogP contribution in [0.1, 0.15) is 49.4 Å². The molecule has 2 heterocycles. The lowest BCUT2D eigenvalue weighted by Crippen LogP contribution is -2.49. The largest absolute Gasteiger partial charge is 0.381 e. The van der Waals surface area contributed by atoms with E-state index in [0.29, 0.717) is 38.4 Å². The predicted molar refractivity (Wildman–Crippen MR) is 120 cm³/mol. The Balaban J connectivity index is 1.73. The van der Waals surface area contributed by atoms with Crippen LogP contribution in [-0.2, 0) is 14.8 Å². The maximum atomic E-state index is 14.0. The number of nitrogens with one attached hydrogen (secondary N) is 1. The molecule has 1 aromatic rings. The summed E-state index contributed by atoms with van der Waals surface area (Å²) in [6.07, 6.45) is 4.13. The van der Waals surface area contributed by atoms with E-state index < -0.39 is 21.7 Å². The van der Waals surface area contributed by atoms with Gasteiger partial charge in [-0.15, -0.1) is 0 Å². The molecule has 174 valence electrons. The molecular weight excluding hydrogens is 466 g/mol. The number of hydrogen-bond donors (Lipinski definition) is 1. The summed E-state index contributed by atoms with van der Waals surface area (Å²) in [5, 5.41) is 2.49. The second-order valence-corrected chi connectivity index (χ2v) is 11.5. The average Bonchev–Trinajstić information content (AvgIpc) is 2.77. The first-order chi connectivity index (χ1) is 14.7. The Kier molecular flexibility index (Phi) is 8.24. The maximum Gasteiger partial charge on any atom is 0.252 e. The number of carbonyl (C=O) groups excluding carboxylic acids is 1. The number of benzene rings is 1. The van der Waals surface area contributed by atoms with Crippen LogP contribution in [-0.4, -0.2) is 57.2 Å². The Hall–Kier alpha value is -0.930. The van der Waals surface area contributed by atoms with Crippen molar-refractivity contribution < 1.29 is 22.3 Å². The molecule has 0 aromatic heterocycles. The molecule has 0 spiro atoms. The average molecular weight is 495 g/mol. The van der Waals surface area contributed by atoms with Crippen LogP contribution in [0.4, 0.5) is 4.39 Å². The Labute approximate surface area is 193 Å². The second kappa shape index (κ2) is 10.3. The van der Waals surface area contributed by atoms with Crippen LogP contribution in [0.3, 0.4) is 0 Å². The molecule has 2 fully saturated rings. The van der Waals surface area contributed by atoms with Gasteiger partial charge < -0.3 is 10.1 Å². The highest BCUT2D eigenvalue weighted by Crippen LogP contribution is 2.40. The van der Waals surface area contributed by atoms with Gasteiger partial charge in [-0.3, -0.25) is 4.79 Å². The number of piperidine rings is 1. The smallest absolute Gasteiger partial charge is 0.252 e. The van der Waals surface area contributed by atoms with Crippen LogP contribution in [0.5, 0.6) is 0 Å². The first kappa shape index (κ1) is 24.7. The quantitative estimate of drug-likeness (QED) is 0.578. The van der Waals surface area contributed by atoms with Gasteiger partial charge in [0.05, 0.1) is 21.4 Å². The maximum absolute atomic E-state index is 14.0. The number of hydrogen-bond acceptors (Lipinski definition) is 4. The lowest BCUT2D eigenvalue weighted by molar-refractivity contribution is 0.0335. The van der Waals surface area contributed by atoms with Gasteiger partial charge in [0.15, 0.2) is 5.82 Å². The Bertz CT molecular complexity index is 899. The van der Waals surface area contributed by atoms with E-state index in [1.54, 1.807) is 11.2 Å². The summed E-state index contributed by atoms with van der Waals surface area (Å²) in [4.78, 5) is 12.7. The fourth-order valence-electron chi connectivity index (χ4n) is 4.50. The van der Waals surface area contributed by atoms with Crippen LogP contribution in [0.2, 0.25) is 10.0 Å². The normalized spacial score (nSPS) is 20.5. The van der Waals surface area contributed by atoms with E-state index >= 15 is 0 Å². The van der Waals surface area contributed by atoms with E-state index in [4.69, 9.17) is 27.9 Å². The van der Waals surface area contributed by atoms with Crippen molar-refractivity contribution in [2.24, 2.45) is 11.3 Å².